The lowest BCUT2D eigenvalue weighted by Crippen LogP contribution is -2.15. The van der Waals surface area contributed by atoms with Crippen molar-refractivity contribution in [2.45, 2.75) is 12.2 Å². The Balaban J connectivity index is 2.22. The predicted octanol–water partition coefficient (Wildman–Crippen LogP) is 4.23. The summed E-state index contributed by atoms with van der Waals surface area (Å²) in [6.45, 7) is 0. The summed E-state index contributed by atoms with van der Waals surface area (Å²) in [6.07, 6.45) is -1.74. The van der Waals surface area contributed by atoms with Crippen LogP contribution in [0.15, 0.2) is 60.7 Å². The largest absolute Gasteiger partial charge is 0.385 e. The standard InChI is InChI=1S/C20H14O2/c21-19-15-9-3-7-13-11-5-1-2-6-12(11)14-8-4-10-16(20(19)22)18(14)17(13)15/h1-10,19-22H/t19-,20+. The van der Waals surface area contributed by atoms with E-state index in [0.29, 0.717) is 0 Å². The van der Waals surface area contributed by atoms with E-state index in [9.17, 15) is 10.2 Å². The van der Waals surface area contributed by atoms with E-state index < -0.39 is 12.2 Å². The SMILES string of the molecule is O[C@@H]1c2cccc3c4ccccc4c4cccc(c4c23)[C@@H]1O. The van der Waals surface area contributed by atoms with Gasteiger partial charge in [0.1, 0.15) is 12.2 Å². The van der Waals surface area contributed by atoms with E-state index >= 15 is 0 Å². The highest BCUT2D eigenvalue weighted by molar-refractivity contribution is 6.27. The van der Waals surface area contributed by atoms with Crippen LogP contribution in [0.2, 0.25) is 0 Å². The van der Waals surface area contributed by atoms with E-state index in [4.69, 9.17) is 0 Å². The predicted molar refractivity (Wildman–Crippen MR) is 88.9 cm³/mol. The molecule has 0 saturated heterocycles. The Hall–Kier alpha value is -2.42. The van der Waals surface area contributed by atoms with E-state index in [-0.39, 0.29) is 0 Å². The van der Waals surface area contributed by atoms with Crippen molar-refractivity contribution in [2.75, 3.05) is 0 Å². The normalized spacial score (nSPS) is 20.3. The van der Waals surface area contributed by atoms with Crippen LogP contribution >= 0.6 is 0 Å². The second kappa shape index (κ2) is 4.07. The van der Waals surface area contributed by atoms with Gasteiger partial charge in [-0.25, -0.2) is 0 Å². The summed E-state index contributed by atoms with van der Waals surface area (Å²) in [7, 11) is 0. The lowest BCUT2D eigenvalue weighted by molar-refractivity contribution is 0.0178. The zero-order chi connectivity index (χ0) is 14.8. The number of hydrogen-bond acceptors (Lipinski definition) is 2. The Kier molecular flexibility index (Phi) is 2.25. The summed E-state index contributed by atoms with van der Waals surface area (Å²) in [5.41, 5.74) is 1.64. The van der Waals surface area contributed by atoms with E-state index in [2.05, 4.69) is 24.3 Å². The smallest absolute Gasteiger partial charge is 0.110 e. The van der Waals surface area contributed by atoms with Crippen LogP contribution in [0.1, 0.15) is 23.3 Å². The van der Waals surface area contributed by atoms with Crippen LogP contribution in [0, 0.1) is 0 Å². The molecule has 0 bridgehead atoms. The lowest BCUT2D eigenvalue weighted by atomic mass is 9.81. The molecular weight excluding hydrogens is 272 g/mol. The van der Waals surface area contributed by atoms with Gasteiger partial charge in [0.25, 0.3) is 0 Å². The lowest BCUT2D eigenvalue weighted by Gasteiger charge is -2.28. The molecule has 2 heteroatoms. The second-order valence-corrected chi connectivity index (χ2v) is 5.97. The average Bonchev–Trinajstić information content (AvgIpc) is 2.58. The molecule has 0 aromatic heterocycles. The van der Waals surface area contributed by atoms with Crippen molar-refractivity contribution >= 4 is 32.3 Å². The average molecular weight is 286 g/mol. The molecule has 0 fully saturated rings. The quantitative estimate of drug-likeness (QED) is 0.475. The van der Waals surface area contributed by atoms with Crippen LogP contribution in [-0.4, -0.2) is 10.2 Å². The van der Waals surface area contributed by atoms with Crippen LogP contribution in [-0.2, 0) is 0 Å². The van der Waals surface area contributed by atoms with E-state index in [0.717, 1.165) is 32.7 Å². The molecule has 0 aliphatic heterocycles. The molecule has 0 saturated carbocycles. The fraction of sp³-hybridized carbons (Fsp3) is 0.100. The molecule has 2 N–H and O–H groups in total. The van der Waals surface area contributed by atoms with Crippen molar-refractivity contribution < 1.29 is 10.2 Å². The molecule has 2 nitrogen and oxygen atoms in total. The fourth-order valence-electron chi connectivity index (χ4n) is 3.93. The van der Waals surface area contributed by atoms with Gasteiger partial charge in [0.15, 0.2) is 0 Å². The summed E-state index contributed by atoms with van der Waals surface area (Å²) in [6, 6.07) is 20.3. The molecule has 0 amide bonds. The van der Waals surface area contributed by atoms with Gasteiger partial charge < -0.3 is 10.2 Å². The maximum Gasteiger partial charge on any atom is 0.110 e. The number of benzene rings is 4. The number of hydrogen-bond donors (Lipinski definition) is 2. The molecule has 106 valence electrons. The molecule has 4 aromatic carbocycles. The van der Waals surface area contributed by atoms with E-state index in [1.807, 2.05) is 36.4 Å². The summed E-state index contributed by atoms with van der Waals surface area (Å²) in [5, 5.41) is 27.8. The first-order valence-corrected chi connectivity index (χ1v) is 7.49. The Morgan fingerprint density at radius 3 is 1.36 bits per heavy atom. The first kappa shape index (κ1) is 12.2. The zero-order valence-electron chi connectivity index (χ0n) is 11.8. The monoisotopic (exact) mass is 286 g/mol. The first-order chi connectivity index (χ1) is 10.8. The van der Waals surface area contributed by atoms with Crippen molar-refractivity contribution in [3.8, 4) is 0 Å². The van der Waals surface area contributed by atoms with Gasteiger partial charge in [-0.05, 0) is 43.4 Å². The van der Waals surface area contributed by atoms with Gasteiger partial charge in [-0.3, -0.25) is 0 Å². The zero-order valence-corrected chi connectivity index (χ0v) is 11.8. The molecule has 0 spiro atoms. The molecule has 5 rings (SSSR count). The molecule has 2 atom stereocenters. The second-order valence-electron chi connectivity index (χ2n) is 5.97. The minimum absolute atomic E-state index is 0.819. The molecule has 1 aliphatic carbocycles. The maximum absolute atomic E-state index is 10.5. The topological polar surface area (TPSA) is 40.5 Å². The first-order valence-electron chi connectivity index (χ1n) is 7.49. The van der Waals surface area contributed by atoms with Gasteiger partial charge in [0.05, 0.1) is 0 Å². The number of aliphatic hydroxyl groups is 2. The van der Waals surface area contributed by atoms with Crippen LogP contribution in [0.3, 0.4) is 0 Å². The molecule has 4 aromatic rings. The molecule has 22 heavy (non-hydrogen) atoms. The highest BCUT2D eigenvalue weighted by Crippen LogP contribution is 2.47. The Labute approximate surface area is 127 Å². The Morgan fingerprint density at radius 1 is 0.500 bits per heavy atom. The van der Waals surface area contributed by atoms with Gasteiger partial charge in [-0.15, -0.1) is 0 Å². The third-order valence-electron chi connectivity index (χ3n) is 4.89. The van der Waals surface area contributed by atoms with E-state index in [1.165, 1.54) is 10.8 Å². The minimum Gasteiger partial charge on any atom is -0.385 e. The molecule has 0 radical (unpaired) electrons. The Bertz CT molecular complexity index is 979. The van der Waals surface area contributed by atoms with Gasteiger partial charge >= 0.3 is 0 Å². The van der Waals surface area contributed by atoms with Gasteiger partial charge in [-0.2, -0.15) is 0 Å². The molecule has 0 unspecified atom stereocenters. The molecular formula is C20H14O2. The fourth-order valence-corrected chi connectivity index (χ4v) is 3.93. The minimum atomic E-state index is -0.872. The third-order valence-corrected chi connectivity index (χ3v) is 4.89. The van der Waals surface area contributed by atoms with Crippen LogP contribution < -0.4 is 0 Å². The van der Waals surface area contributed by atoms with Gasteiger partial charge in [0, 0.05) is 0 Å². The van der Waals surface area contributed by atoms with Gasteiger partial charge in [-0.1, -0.05) is 60.7 Å². The molecule has 1 aliphatic rings. The summed E-state index contributed by atoms with van der Waals surface area (Å²) >= 11 is 0. The third kappa shape index (κ3) is 1.32. The van der Waals surface area contributed by atoms with E-state index in [1.54, 1.807) is 0 Å². The van der Waals surface area contributed by atoms with Gasteiger partial charge in [0.2, 0.25) is 0 Å². The molecule has 0 heterocycles. The number of rotatable bonds is 0. The summed E-state index contributed by atoms with van der Waals surface area (Å²) in [4.78, 5) is 0. The van der Waals surface area contributed by atoms with Crippen LogP contribution in [0.4, 0.5) is 0 Å². The van der Waals surface area contributed by atoms with Crippen molar-refractivity contribution in [1.82, 2.24) is 0 Å². The van der Waals surface area contributed by atoms with Crippen molar-refractivity contribution in [1.29, 1.82) is 0 Å². The summed E-state index contributed by atoms with van der Waals surface area (Å²) in [5.74, 6) is 0. The Morgan fingerprint density at radius 2 is 0.909 bits per heavy atom. The highest BCUT2D eigenvalue weighted by atomic mass is 16.3. The maximum atomic E-state index is 10.5. The van der Waals surface area contributed by atoms with Crippen molar-refractivity contribution in [3.63, 3.8) is 0 Å². The summed E-state index contributed by atoms with van der Waals surface area (Å²) < 4.78 is 0. The van der Waals surface area contributed by atoms with Crippen molar-refractivity contribution in [3.05, 3.63) is 71.8 Å². The van der Waals surface area contributed by atoms with Crippen molar-refractivity contribution in [2.24, 2.45) is 0 Å². The van der Waals surface area contributed by atoms with Crippen LogP contribution in [0.25, 0.3) is 32.3 Å². The highest BCUT2D eigenvalue weighted by Gasteiger charge is 2.30. The van der Waals surface area contributed by atoms with Crippen LogP contribution in [0.5, 0.6) is 0 Å². The number of fused-ring (bicyclic) bond motifs is 3. The number of aliphatic hydroxyl groups excluding tert-OH is 2.